The molecule has 0 spiro atoms. The summed E-state index contributed by atoms with van der Waals surface area (Å²) < 4.78 is 5.68. The van der Waals surface area contributed by atoms with Gasteiger partial charge in [-0.1, -0.05) is 55.4 Å². The van der Waals surface area contributed by atoms with Gasteiger partial charge in [-0.05, 0) is 55.2 Å². The van der Waals surface area contributed by atoms with E-state index in [2.05, 4.69) is 35.4 Å². The van der Waals surface area contributed by atoms with Crippen LogP contribution >= 0.6 is 23.4 Å². The summed E-state index contributed by atoms with van der Waals surface area (Å²) in [5.41, 5.74) is 2.77. The summed E-state index contributed by atoms with van der Waals surface area (Å²) in [6.07, 6.45) is 1.01. The third-order valence-electron chi connectivity index (χ3n) is 4.51. The summed E-state index contributed by atoms with van der Waals surface area (Å²) >= 11 is 7.13. The normalized spacial score (nSPS) is 13.1. The van der Waals surface area contributed by atoms with Crippen LogP contribution in [0.2, 0.25) is 5.02 Å². The summed E-state index contributed by atoms with van der Waals surface area (Å²) in [4.78, 5) is 12.7. The lowest BCUT2D eigenvalue weighted by atomic mass is 9.97. The van der Waals surface area contributed by atoms with Crippen molar-refractivity contribution in [2.45, 2.75) is 43.6 Å². The van der Waals surface area contributed by atoms with Crippen LogP contribution in [-0.2, 0) is 4.79 Å². The highest BCUT2D eigenvalue weighted by Gasteiger charge is 2.20. The number of rotatable bonds is 7. The molecule has 0 bridgehead atoms. The van der Waals surface area contributed by atoms with E-state index in [1.807, 2.05) is 37.3 Å². The van der Waals surface area contributed by atoms with Crippen LogP contribution in [0.25, 0.3) is 11.5 Å². The maximum Gasteiger partial charge on any atom is 0.277 e. The van der Waals surface area contributed by atoms with Gasteiger partial charge >= 0.3 is 0 Å². The molecule has 1 aromatic heterocycles. The lowest BCUT2D eigenvalue weighted by Gasteiger charge is -2.17. The number of anilines is 1. The van der Waals surface area contributed by atoms with E-state index in [0.717, 1.165) is 23.2 Å². The van der Waals surface area contributed by atoms with Gasteiger partial charge in [0, 0.05) is 16.3 Å². The van der Waals surface area contributed by atoms with Gasteiger partial charge in [-0.3, -0.25) is 4.79 Å². The number of thioether (sulfide) groups is 1. The molecule has 28 heavy (non-hydrogen) atoms. The molecule has 0 fully saturated rings. The highest BCUT2D eigenvalue weighted by atomic mass is 35.5. The number of amides is 1. The molecule has 0 radical (unpaired) electrons. The van der Waals surface area contributed by atoms with Crippen LogP contribution in [0.1, 0.15) is 38.7 Å². The Kier molecular flexibility index (Phi) is 6.75. The number of carbonyl (C=O) groups excluding carboxylic acids is 1. The van der Waals surface area contributed by atoms with E-state index in [4.69, 9.17) is 16.0 Å². The van der Waals surface area contributed by atoms with Crippen LogP contribution in [0, 0.1) is 0 Å². The molecule has 0 aliphatic rings. The lowest BCUT2D eigenvalue weighted by molar-refractivity contribution is -0.115. The molecule has 146 valence electrons. The molecule has 1 amide bonds. The number of benzene rings is 2. The molecular formula is C21H22ClN3O2S. The third-order valence-corrected chi connectivity index (χ3v) is 5.69. The zero-order chi connectivity index (χ0) is 20.1. The zero-order valence-corrected chi connectivity index (χ0v) is 17.6. The van der Waals surface area contributed by atoms with Gasteiger partial charge in [-0.25, -0.2) is 0 Å². The number of para-hydroxylation sites is 1. The monoisotopic (exact) mass is 415 g/mol. The fraction of sp³-hybridized carbons (Fsp3) is 0.286. The Hall–Kier alpha value is -2.31. The van der Waals surface area contributed by atoms with Crippen LogP contribution in [-0.4, -0.2) is 21.4 Å². The Morgan fingerprint density at radius 1 is 1.14 bits per heavy atom. The highest BCUT2D eigenvalue weighted by Crippen LogP contribution is 2.29. The summed E-state index contributed by atoms with van der Waals surface area (Å²) in [6, 6.07) is 15.1. The summed E-state index contributed by atoms with van der Waals surface area (Å²) in [7, 11) is 0. The second-order valence-corrected chi connectivity index (χ2v) is 8.25. The second-order valence-electron chi connectivity index (χ2n) is 6.53. The van der Waals surface area contributed by atoms with Crippen molar-refractivity contribution in [1.29, 1.82) is 0 Å². The van der Waals surface area contributed by atoms with E-state index in [0.29, 0.717) is 22.1 Å². The van der Waals surface area contributed by atoms with Gasteiger partial charge in [-0.15, -0.1) is 10.2 Å². The van der Waals surface area contributed by atoms with E-state index in [9.17, 15) is 4.79 Å². The van der Waals surface area contributed by atoms with Crippen molar-refractivity contribution in [3.63, 3.8) is 0 Å². The van der Waals surface area contributed by atoms with Gasteiger partial charge in [0.25, 0.3) is 5.22 Å². The van der Waals surface area contributed by atoms with Gasteiger partial charge in [0.15, 0.2) is 0 Å². The van der Waals surface area contributed by atoms with Crippen LogP contribution in [0.3, 0.4) is 0 Å². The number of nitrogens with one attached hydrogen (secondary N) is 1. The first-order valence-corrected chi connectivity index (χ1v) is 10.4. The maximum atomic E-state index is 12.7. The molecule has 5 nitrogen and oxygen atoms in total. The zero-order valence-electron chi connectivity index (χ0n) is 16.0. The Bertz CT molecular complexity index is 943. The summed E-state index contributed by atoms with van der Waals surface area (Å²) in [5, 5.41) is 11.7. The van der Waals surface area contributed by atoms with Gasteiger partial charge in [0.2, 0.25) is 11.8 Å². The van der Waals surface area contributed by atoms with Crippen molar-refractivity contribution in [2.75, 3.05) is 5.32 Å². The molecule has 0 aliphatic carbocycles. The number of halogens is 1. The first kappa shape index (κ1) is 20.4. The largest absolute Gasteiger partial charge is 0.411 e. The van der Waals surface area contributed by atoms with E-state index >= 15 is 0 Å². The number of hydrogen-bond acceptors (Lipinski definition) is 5. The lowest BCUT2D eigenvalue weighted by Crippen LogP contribution is -2.23. The van der Waals surface area contributed by atoms with Crippen LogP contribution in [0.15, 0.2) is 58.2 Å². The molecule has 7 heteroatoms. The fourth-order valence-electron chi connectivity index (χ4n) is 2.67. The average Bonchev–Trinajstić information content (AvgIpc) is 3.16. The predicted octanol–water partition coefficient (Wildman–Crippen LogP) is 6.02. The topological polar surface area (TPSA) is 68.0 Å². The molecular weight excluding hydrogens is 394 g/mol. The molecule has 3 aromatic rings. The van der Waals surface area contributed by atoms with E-state index in [1.54, 1.807) is 12.1 Å². The van der Waals surface area contributed by atoms with Crippen LogP contribution in [0.5, 0.6) is 0 Å². The minimum absolute atomic E-state index is 0.105. The first-order valence-electron chi connectivity index (χ1n) is 9.13. The number of aromatic nitrogens is 2. The van der Waals surface area contributed by atoms with Crippen molar-refractivity contribution < 1.29 is 9.21 Å². The Labute approximate surface area is 173 Å². The van der Waals surface area contributed by atoms with Crippen molar-refractivity contribution in [2.24, 2.45) is 0 Å². The van der Waals surface area contributed by atoms with Gasteiger partial charge in [0.05, 0.1) is 5.25 Å². The van der Waals surface area contributed by atoms with Gasteiger partial charge in [0.1, 0.15) is 0 Å². The molecule has 0 saturated heterocycles. The third kappa shape index (κ3) is 4.94. The standard InChI is InChI=1S/C21H22ClN3O2S/c1-4-13(2)17-7-5-6-8-18(17)23-19(26)14(3)28-21-25-24-20(27-21)15-9-11-16(22)12-10-15/h5-14H,4H2,1-3H3,(H,23,26)/t13-,14-/m1/s1. The van der Waals surface area contributed by atoms with Crippen molar-refractivity contribution in [1.82, 2.24) is 10.2 Å². The molecule has 3 rings (SSSR count). The Balaban J connectivity index is 1.66. The SMILES string of the molecule is CC[C@@H](C)c1ccccc1NC(=O)[C@@H](C)Sc1nnc(-c2ccc(Cl)cc2)o1. The van der Waals surface area contributed by atoms with E-state index < -0.39 is 0 Å². The number of hydrogen-bond donors (Lipinski definition) is 1. The molecule has 2 atom stereocenters. The minimum Gasteiger partial charge on any atom is -0.411 e. The van der Waals surface area contributed by atoms with Crippen LogP contribution < -0.4 is 5.32 Å². The maximum absolute atomic E-state index is 12.7. The van der Waals surface area contributed by atoms with Crippen LogP contribution in [0.4, 0.5) is 5.69 Å². The summed E-state index contributed by atoms with van der Waals surface area (Å²) in [6.45, 7) is 6.10. The van der Waals surface area contributed by atoms with E-state index in [1.165, 1.54) is 11.8 Å². The molecule has 1 N–H and O–H groups in total. The minimum atomic E-state index is -0.386. The molecule has 0 unspecified atom stereocenters. The molecule has 2 aromatic carbocycles. The molecule has 0 saturated carbocycles. The first-order chi connectivity index (χ1) is 13.5. The van der Waals surface area contributed by atoms with Crippen molar-refractivity contribution >= 4 is 35.0 Å². The molecule has 0 aliphatic heterocycles. The smallest absolute Gasteiger partial charge is 0.277 e. The van der Waals surface area contributed by atoms with Gasteiger partial charge < -0.3 is 9.73 Å². The Morgan fingerprint density at radius 3 is 2.57 bits per heavy atom. The van der Waals surface area contributed by atoms with Crippen molar-refractivity contribution in [3.05, 3.63) is 59.1 Å². The number of carbonyl (C=O) groups is 1. The molecule has 1 heterocycles. The predicted molar refractivity (Wildman–Crippen MR) is 114 cm³/mol. The fourth-order valence-corrected chi connectivity index (χ4v) is 3.48. The van der Waals surface area contributed by atoms with Gasteiger partial charge in [-0.2, -0.15) is 0 Å². The second kappa shape index (κ2) is 9.26. The highest BCUT2D eigenvalue weighted by molar-refractivity contribution is 8.00. The summed E-state index contributed by atoms with van der Waals surface area (Å²) in [5.74, 6) is 0.665. The average molecular weight is 416 g/mol. The van der Waals surface area contributed by atoms with E-state index in [-0.39, 0.29) is 11.2 Å². The Morgan fingerprint density at radius 2 is 1.86 bits per heavy atom. The quantitative estimate of drug-likeness (QED) is 0.477. The number of nitrogens with zero attached hydrogens (tertiary/aromatic N) is 2. The van der Waals surface area contributed by atoms with Crippen molar-refractivity contribution in [3.8, 4) is 11.5 Å².